The highest BCUT2D eigenvalue weighted by Crippen LogP contribution is 2.34. The van der Waals surface area contributed by atoms with Crippen LogP contribution in [0.25, 0.3) is 10.3 Å². The molecule has 0 N–H and O–H groups in total. The highest BCUT2D eigenvalue weighted by Gasteiger charge is 2.38. The van der Waals surface area contributed by atoms with E-state index >= 15 is 0 Å². The molecule has 4 rings (SSSR count). The molecular weight excluding hydrogens is 450 g/mol. The van der Waals surface area contributed by atoms with Crippen molar-refractivity contribution in [3.8, 4) is 0 Å². The number of aromatic nitrogens is 3. The Balaban J connectivity index is 1.63. The molecule has 3 heterocycles. The molecule has 0 saturated carbocycles. The van der Waals surface area contributed by atoms with E-state index in [-0.39, 0.29) is 28.7 Å². The van der Waals surface area contributed by atoms with Crippen LogP contribution < -0.4 is 10.5 Å². The molecule has 33 heavy (non-hydrogen) atoms. The van der Waals surface area contributed by atoms with E-state index in [1.165, 1.54) is 7.11 Å². The number of ketones is 1. The lowest BCUT2D eigenvalue weighted by Crippen LogP contribution is -2.36. The van der Waals surface area contributed by atoms with Crippen molar-refractivity contribution in [2.24, 2.45) is 0 Å². The Morgan fingerprint density at radius 2 is 2.03 bits per heavy atom. The Kier molecular flexibility index (Phi) is 6.85. The molecule has 0 aliphatic carbocycles. The average molecular weight is 477 g/mol. The zero-order valence-electron chi connectivity index (χ0n) is 18.6. The van der Waals surface area contributed by atoms with Gasteiger partial charge in [-0.15, -0.1) is 0 Å². The highest BCUT2D eigenvalue weighted by atomic mass is 32.1. The minimum absolute atomic E-state index is 0.0353. The van der Waals surface area contributed by atoms with Gasteiger partial charge in [-0.3, -0.25) is 14.2 Å². The van der Waals surface area contributed by atoms with Crippen molar-refractivity contribution in [1.29, 1.82) is 0 Å². The number of carbonyl (C=O) groups is 1. The van der Waals surface area contributed by atoms with Crippen LogP contribution in [0, 0.1) is 0 Å². The number of nitrogens with zero attached hydrogens (tertiary/aromatic N) is 4. The minimum atomic E-state index is -3.41. The lowest BCUT2D eigenvalue weighted by Gasteiger charge is -2.22. The molecule has 176 valence electrons. The van der Waals surface area contributed by atoms with Crippen LogP contribution >= 0.6 is 11.3 Å². The molecule has 1 fully saturated rings. The van der Waals surface area contributed by atoms with Crippen LogP contribution in [0.2, 0.25) is 0 Å². The zero-order valence-corrected chi connectivity index (χ0v) is 19.4. The number of thiazole rings is 1. The van der Waals surface area contributed by atoms with Gasteiger partial charge in [-0.05, 0) is 31.7 Å². The third-order valence-corrected chi connectivity index (χ3v) is 6.84. The van der Waals surface area contributed by atoms with E-state index in [1.807, 2.05) is 35.2 Å². The summed E-state index contributed by atoms with van der Waals surface area (Å²) in [6, 6.07) is 9.49. The van der Waals surface area contributed by atoms with Crippen molar-refractivity contribution in [2.75, 3.05) is 25.2 Å². The first-order chi connectivity index (χ1) is 15.9. The minimum Gasteiger partial charge on any atom is -0.378 e. The molecule has 3 aromatic rings. The predicted molar refractivity (Wildman–Crippen MR) is 123 cm³/mol. The summed E-state index contributed by atoms with van der Waals surface area (Å²) in [7, 11) is 1.17. The monoisotopic (exact) mass is 476 g/mol. The van der Waals surface area contributed by atoms with Gasteiger partial charge in [0.25, 0.3) is 5.56 Å². The number of anilines is 1. The van der Waals surface area contributed by atoms with Crippen LogP contribution in [0.4, 0.5) is 13.9 Å². The largest absolute Gasteiger partial charge is 0.378 e. The summed E-state index contributed by atoms with van der Waals surface area (Å²) in [4.78, 5) is 36.5. The van der Waals surface area contributed by atoms with E-state index in [4.69, 9.17) is 0 Å². The molecule has 10 heteroatoms. The topological polar surface area (TPSA) is 77.3 Å². The molecule has 0 radical (unpaired) electrons. The van der Waals surface area contributed by atoms with Gasteiger partial charge in [-0.1, -0.05) is 41.7 Å². The Morgan fingerprint density at radius 1 is 1.27 bits per heavy atom. The van der Waals surface area contributed by atoms with E-state index in [9.17, 15) is 18.4 Å². The van der Waals surface area contributed by atoms with Gasteiger partial charge >= 0.3 is 5.92 Å². The molecule has 1 atom stereocenters. The number of hydrogen-bond acceptors (Lipinski definition) is 7. The summed E-state index contributed by atoms with van der Waals surface area (Å²) < 4.78 is 34.8. The average Bonchev–Trinajstić information content (AvgIpc) is 3.45. The lowest BCUT2D eigenvalue weighted by atomic mass is 10.0. The molecule has 1 aromatic carbocycles. The van der Waals surface area contributed by atoms with Crippen molar-refractivity contribution in [2.45, 2.75) is 51.1 Å². The normalized spacial score (nSPS) is 16.6. The molecule has 1 aliphatic heterocycles. The van der Waals surface area contributed by atoms with Gasteiger partial charge in [0.2, 0.25) is 0 Å². The number of carbonyl (C=O) groups excluding carboxylic acids is 1. The van der Waals surface area contributed by atoms with Crippen molar-refractivity contribution in [3.05, 3.63) is 52.1 Å². The summed E-state index contributed by atoms with van der Waals surface area (Å²) in [5.41, 5.74) is 0.544. The third-order valence-electron chi connectivity index (χ3n) is 5.85. The zero-order chi connectivity index (χ0) is 23.6. The fourth-order valence-electron chi connectivity index (χ4n) is 4.25. The van der Waals surface area contributed by atoms with Crippen LogP contribution in [0.1, 0.15) is 37.6 Å². The maximum Gasteiger partial charge on any atom is 0.327 e. The summed E-state index contributed by atoms with van der Waals surface area (Å²) >= 11 is 1.08. The maximum atomic E-state index is 14.6. The van der Waals surface area contributed by atoms with Gasteiger partial charge in [-0.25, -0.2) is 9.97 Å². The van der Waals surface area contributed by atoms with Crippen LogP contribution in [0.5, 0.6) is 0 Å². The lowest BCUT2D eigenvalue weighted by molar-refractivity contribution is -0.120. The van der Waals surface area contributed by atoms with E-state index < -0.39 is 23.9 Å². The van der Waals surface area contributed by atoms with Gasteiger partial charge in [0.05, 0.1) is 6.04 Å². The fourth-order valence-corrected chi connectivity index (χ4v) is 5.25. The van der Waals surface area contributed by atoms with Gasteiger partial charge in [0.15, 0.2) is 27.1 Å². The van der Waals surface area contributed by atoms with E-state index in [0.29, 0.717) is 30.9 Å². The van der Waals surface area contributed by atoms with Crippen LogP contribution in [0.3, 0.4) is 0 Å². The van der Waals surface area contributed by atoms with E-state index in [0.717, 1.165) is 27.9 Å². The molecule has 0 spiro atoms. The first-order valence-electron chi connectivity index (χ1n) is 11.0. The van der Waals surface area contributed by atoms with Crippen LogP contribution in [-0.2, 0) is 28.4 Å². The Morgan fingerprint density at radius 3 is 2.73 bits per heavy atom. The van der Waals surface area contributed by atoms with E-state index in [2.05, 4.69) is 14.7 Å². The smallest absolute Gasteiger partial charge is 0.327 e. The molecular formula is C23H26F2N4O3S. The van der Waals surface area contributed by atoms with Crippen molar-refractivity contribution < 1.29 is 18.3 Å². The first kappa shape index (κ1) is 23.4. The highest BCUT2D eigenvalue weighted by molar-refractivity contribution is 7.21. The summed E-state index contributed by atoms with van der Waals surface area (Å²) in [5.74, 6) is -3.93. The van der Waals surface area contributed by atoms with Gasteiger partial charge in [0.1, 0.15) is 6.61 Å². The SMILES string of the molecule is CCn1c(C(F)(F)COC)nc2sc(N3CCC[C@@H]3C(=O)CCc3ccccc3)nc2c1=O. The molecule has 1 saturated heterocycles. The Hall–Kier alpha value is -2.72. The molecule has 2 aromatic heterocycles. The van der Waals surface area contributed by atoms with Gasteiger partial charge in [-0.2, -0.15) is 8.78 Å². The number of ether oxygens (including phenoxy) is 1. The summed E-state index contributed by atoms with van der Waals surface area (Å²) in [5, 5.41) is 0.472. The molecule has 1 aliphatic rings. The quantitative estimate of drug-likeness (QED) is 0.468. The number of benzene rings is 1. The summed E-state index contributed by atoms with van der Waals surface area (Å²) in [6.45, 7) is 1.39. The number of methoxy groups -OCH3 is 1. The maximum absolute atomic E-state index is 14.6. The summed E-state index contributed by atoms with van der Waals surface area (Å²) in [6.07, 6.45) is 2.59. The van der Waals surface area contributed by atoms with Crippen molar-refractivity contribution >= 4 is 32.6 Å². The Bertz CT molecular complexity index is 1200. The van der Waals surface area contributed by atoms with Crippen molar-refractivity contribution in [3.63, 3.8) is 0 Å². The molecule has 0 unspecified atom stereocenters. The van der Waals surface area contributed by atoms with Crippen LogP contribution in [-0.4, -0.2) is 46.6 Å². The van der Waals surface area contributed by atoms with Gasteiger partial charge < -0.3 is 9.64 Å². The molecule has 0 bridgehead atoms. The molecule has 7 nitrogen and oxygen atoms in total. The van der Waals surface area contributed by atoms with Gasteiger partial charge in [0, 0.05) is 26.6 Å². The van der Waals surface area contributed by atoms with Crippen molar-refractivity contribution in [1.82, 2.24) is 14.5 Å². The predicted octanol–water partition coefficient (Wildman–Crippen LogP) is 3.78. The number of fused-ring (bicyclic) bond motifs is 1. The first-order valence-corrected chi connectivity index (χ1v) is 11.8. The third kappa shape index (κ3) is 4.67. The standard InChI is InChI=1S/C23H26F2N4O3S/c1-3-28-20(31)18-19(27-21(28)23(24,25)14-32-2)33-22(26-18)29-13-7-10-16(29)17(30)12-11-15-8-5-4-6-9-15/h4-6,8-9,16H,3,7,10-14H2,1-2H3/t16-/m1/s1. The number of aryl methyl sites for hydroxylation is 1. The van der Waals surface area contributed by atoms with Crippen LogP contribution in [0.15, 0.2) is 35.1 Å². The fraction of sp³-hybridized carbons (Fsp3) is 0.478. The Labute approximate surface area is 194 Å². The number of Topliss-reactive ketones (excluding diaryl/α,β-unsaturated/α-hetero) is 1. The second kappa shape index (κ2) is 9.64. The number of hydrogen-bond donors (Lipinski definition) is 0. The van der Waals surface area contributed by atoms with E-state index in [1.54, 1.807) is 6.92 Å². The number of alkyl halides is 2. The molecule has 0 amide bonds. The second-order valence-electron chi connectivity index (χ2n) is 8.08. The second-order valence-corrected chi connectivity index (χ2v) is 9.03. The number of rotatable bonds is 9. The number of halogens is 2.